The highest BCUT2D eigenvalue weighted by Gasteiger charge is 2.27. The van der Waals surface area contributed by atoms with Gasteiger partial charge in [-0.25, -0.2) is 23.1 Å². The summed E-state index contributed by atoms with van der Waals surface area (Å²) in [7, 11) is -3.52. The van der Waals surface area contributed by atoms with Crippen molar-refractivity contribution in [2.75, 3.05) is 0 Å². The summed E-state index contributed by atoms with van der Waals surface area (Å²) < 4.78 is 33.9. The van der Waals surface area contributed by atoms with Crippen molar-refractivity contribution < 1.29 is 13.2 Å². The third-order valence-electron chi connectivity index (χ3n) is 4.48. The Morgan fingerprint density at radius 1 is 1.12 bits per heavy atom. The second-order valence-electron chi connectivity index (χ2n) is 6.67. The quantitative estimate of drug-likeness (QED) is 0.838. The van der Waals surface area contributed by atoms with Gasteiger partial charge in [0.1, 0.15) is 6.10 Å². The van der Waals surface area contributed by atoms with Crippen molar-refractivity contribution in [3.05, 3.63) is 46.7 Å². The molecule has 8 heteroatoms. The molecule has 0 aliphatic heterocycles. The molecule has 0 radical (unpaired) electrons. The number of halogens is 1. The van der Waals surface area contributed by atoms with E-state index in [1.807, 2.05) is 26.0 Å². The first kappa shape index (κ1) is 19.1. The highest BCUT2D eigenvalue weighted by molar-refractivity contribution is 7.89. The van der Waals surface area contributed by atoms with Crippen LogP contribution in [0.5, 0.6) is 6.01 Å². The molecule has 1 aromatic carbocycles. The molecule has 1 saturated carbocycles. The van der Waals surface area contributed by atoms with Crippen LogP contribution in [0.4, 0.5) is 0 Å². The minimum Gasteiger partial charge on any atom is -0.460 e. The zero-order valence-corrected chi connectivity index (χ0v) is 16.3. The van der Waals surface area contributed by atoms with Crippen molar-refractivity contribution in [2.45, 2.75) is 56.6 Å². The maximum absolute atomic E-state index is 12.7. The van der Waals surface area contributed by atoms with E-state index in [0.717, 1.165) is 24.0 Å². The Morgan fingerprint density at radius 3 is 2.38 bits per heavy atom. The summed E-state index contributed by atoms with van der Waals surface area (Å²) >= 11 is 5.76. The van der Waals surface area contributed by atoms with Crippen molar-refractivity contribution in [1.29, 1.82) is 0 Å². The molecule has 140 valence electrons. The number of hydrogen-bond donors (Lipinski definition) is 1. The summed E-state index contributed by atoms with van der Waals surface area (Å²) in [5.74, 6) is 0. The van der Waals surface area contributed by atoms with Crippen molar-refractivity contribution in [3.63, 3.8) is 0 Å². The van der Waals surface area contributed by atoms with Crippen LogP contribution in [0.2, 0.25) is 5.02 Å². The molecule has 0 saturated heterocycles. The molecule has 26 heavy (non-hydrogen) atoms. The molecule has 1 fully saturated rings. The van der Waals surface area contributed by atoms with Gasteiger partial charge in [0.15, 0.2) is 0 Å². The SMILES string of the molecule is Cc1ccc(S(=O)(=O)NC2CCC(Oc3ncc(Cl)cn3)CC2)c(C)c1. The van der Waals surface area contributed by atoms with Crippen LogP contribution >= 0.6 is 11.6 Å². The molecule has 1 aliphatic rings. The molecule has 3 rings (SSSR count). The second kappa shape index (κ2) is 7.90. The van der Waals surface area contributed by atoms with E-state index in [2.05, 4.69) is 14.7 Å². The van der Waals surface area contributed by atoms with E-state index in [1.165, 1.54) is 12.4 Å². The monoisotopic (exact) mass is 395 g/mol. The number of aryl methyl sites for hydroxylation is 2. The number of hydrogen-bond acceptors (Lipinski definition) is 5. The number of nitrogens with one attached hydrogen (secondary N) is 1. The van der Waals surface area contributed by atoms with E-state index in [9.17, 15) is 8.42 Å². The van der Waals surface area contributed by atoms with Gasteiger partial charge < -0.3 is 4.74 Å². The Kier molecular flexibility index (Phi) is 5.79. The van der Waals surface area contributed by atoms with Crippen LogP contribution in [0, 0.1) is 13.8 Å². The lowest BCUT2D eigenvalue weighted by Crippen LogP contribution is -2.40. The molecule has 2 aromatic rings. The normalized spacial score (nSPS) is 20.7. The van der Waals surface area contributed by atoms with E-state index >= 15 is 0 Å². The van der Waals surface area contributed by atoms with Crippen LogP contribution in [-0.4, -0.2) is 30.5 Å². The standard InChI is InChI=1S/C18H22ClN3O3S/c1-12-3-8-17(13(2)9-12)26(23,24)22-15-4-6-16(7-5-15)25-18-20-10-14(19)11-21-18/h3,8-11,15-16,22H,4-7H2,1-2H3. The van der Waals surface area contributed by atoms with Crippen LogP contribution in [0.15, 0.2) is 35.5 Å². The van der Waals surface area contributed by atoms with Crippen LogP contribution in [-0.2, 0) is 10.0 Å². The molecule has 0 bridgehead atoms. The van der Waals surface area contributed by atoms with Gasteiger partial charge >= 0.3 is 6.01 Å². The molecule has 0 amide bonds. The number of ether oxygens (including phenoxy) is 1. The van der Waals surface area contributed by atoms with Gasteiger partial charge in [0, 0.05) is 6.04 Å². The van der Waals surface area contributed by atoms with Gasteiger partial charge in [-0.1, -0.05) is 29.3 Å². The van der Waals surface area contributed by atoms with Crippen molar-refractivity contribution in [2.24, 2.45) is 0 Å². The zero-order chi connectivity index (χ0) is 18.7. The third-order valence-corrected chi connectivity index (χ3v) is 6.36. The van der Waals surface area contributed by atoms with Crippen molar-refractivity contribution in [1.82, 2.24) is 14.7 Å². The second-order valence-corrected chi connectivity index (χ2v) is 8.78. The third kappa shape index (κ3) is 4.72. The first-order valence-electron chi connectivity index (χ1n) is 8.57. The molecule has 1 aliphatic carbocycles. The van der Waals surface area contributed by atoms with Crippen molar-refractivity contribution in [3.8, 4) is 6.01 Å². The van der Waals surface area contributed by atoms with E-state index in [1.54, 1.807) is 6.07 Å². The van der Waals surface area contributed by atoms with E-state index < -0.39 is 10.0 Å². The van der Waals surface area contributed by atoms with Gasteiger partial charge in [-0.2, -0.15) is 0 Å². The summed E-state index contributed by atoms with van der Waals surface area (Å²) in [6, 6.07) is 5.57. The van der Waals surface area contributed by atoms with Gasteiger partial charge in [0.05, 0.1) is 22.3 Å². The van der Waals surface area contributed by atoms with E-state index in [4.69, 9.17) is 16.3 Å². The predicted octanol–water partition coefficient (Wildman–Crippen LogP) is 3.42. The molecule has 0 unspecified atom stereocenters. The summed E-state index contributed by atoms with van der Waals surface area (Å²) in [6.45, 7) is 3.76. The average Bonchev–Trinajstić information content (AvgIpc) is 2.58. The number of nitrogens with zero attached hydrogens (tertiary/aromatic N) is 2. The van der Waals surface area contributed by atoms with Crippen LogP contribution < -0.4 is 9.46 Å². The minimum atomic E-state index is -3.52. The van der Waals surface area contributed by atoms with Gasteiger partial charge in [0.2, 0.25) is 10.0 Å². The summed E-state index contributed by atoms with van der Waals surface area (Å²) in [5, 5.41) is 0.460. The predicted molar refractivity (Wildman–Crippen MR) is 100.0 cm³/mol. The Hall–Kier alpha value is -1.70. The summed E-state index contributed by atoms with van der Waals surface area (Å²) in [5.41, 5.74) is 1.80. The molecule has 1 heterocycles. The fourth-order valence-electron chi connectivity index (χ4n) is 3.19. The Morgan fingerprint density at radius 2 is 1.77 bits per heavy atom. The maximum Gasteiger partial charge on any atom is 0.316 e. The van der Waals surface area contributed by atoms with E-state index in [-0.39, 0.29) is 12.1 Å². The highest BCUT2D eigenvalue weighted by atomic mass is 35.5. The number of rotatable bonds is 5. The lowest BCUT2D eigenvalue weighted by atomic mass is 9.94. The minimum absolute atomic E-state index is 0.0157. The van der Waals surface area contributed by atoms with Gasteiger partial charge in [-0.3, -0.25) is 0 Å². The van der Waals surface area contributed by atoms with Crippen LogP contribution in [0.1, 0.15) is 36.8 Å². The Labute approximate surface area is 159 Å². The van der Waals surface area contributed by atoms with Gasteiger partial charge in [0.25, 0.3) is 0 Å². The smallest absolute Gasteiger partial charge is 0.316 e. The molecule has 0 atom stereocenters. The molecule has 1 aromatic heterocycles. The highest BCUT2D eigenvalue weighted by Crippen LogP contribution is 2.24. The van der Waals surface area contributed by atoms with E-state index in [0.29, 0.717) is 28.8 Å². The Balaban J connectivity index is 1.57. The molecule has 0 spiro atoms. The summed E-state index contributed by atoms with van der Waals surface area (Å²) in [4.78, 5) is 8.40. The maximum atomic E-state index is 12.7. The number of benzene rings is 1. The van der Waals surface area contributed by atoms with Crippen LogP contribution in [0.25, 0.3) is 0 Å². The lowest BCUT2D eigenvalue weighted by molar-refractivity contribution is 0.132. The molecule has 1 N–H and O–H groups in total. The van der Waals surface area contributed by atoms with Gasteiger partial charge in [-0.05, 0) is 51.2 Å². The summed E-state index contributed by atoms with van der Waals surface area (Å²) in [6.07, 6.45) is 5.88. The first-order valence-corrected chi connectivity index (χ1v) is 10.4. The number of sulfonamides is 1. The van der Waals surface area contributed by atoms with Crippen molar-refractivity contribution >= 4 is 21.6 Å². The molecular formula is C18H22ClN3O3S. The first-order chi connectivity index (χ1) is 12.3. The fourth-order valence-corrected chi connectivity index (χ4v) is 4.82. The Bertz CT molecular complexity index is 864. The number of aromatic nitrogens is 2. The largest absolute Gasteiger partial charge is 0.460 e. The average molecular weight is 396 g/mol. The van der Waals surface area contributed by atoms with Crippen LogP contribution in [0.3, 0.4) is 0 Å². The lowest BCUT2D eigenvalue weighted by Gasteiger charge is -2.28. The van der Waals surface area contributed by atoms with Gasteiger partial charge in [-0.15, -0.1) is 0 Å². The fraction of sp³-hybridized carbons (Fsp3) is 0.444. The topological polar surface area (TPSA) is 81.2 Å². The molecule has 6 nitrogen and oxygen atoms in total. The zero-order valence-electron chi connectivity index (χ0n) is 14.8. The molecular weight excluding hydrogens is 374 g/mol.